The average molecular weight is 324 g/mol. The van der Waals surface area contributed by atoms with E-state index in [2.05, 4.69) is 45.5 Å². The van der Waals surface area contributed by atoms with E-state index in [1.54, 1.807) is 0 Å². The van der Waals surface area contributed by atoms with E-state index in [0.717, 1.165) is 5.92 Å². The topological polar surface area (TPSA) is 21.3 Å². The minimum atomic E-state index is 0.485. The molecule has 0 saturated heterocycles. The van der Waals surface area contributed by atoms with Crippen molar-refractivity contribution in [1.29, 1.82) is 0 Å². The molecule has 2 fully saturated rings. The highest BCUT2D eigenvalue weighted by atomic mass is 79.9. The summed E-state index contributed by atoms with van der Waals surface area (Å²) in [5.74, 6) is 0.745. The molecule has 104 valence electrons. The third-order valence-electron chi connectivity index (χ3n) is 4.65. The lowest BCUT2D eigenvalue weighted by atomic mass is 9.75. The second-order valence-corrected chi connectivity index (χ2v) is 6.87. The Labute approximate surface area is 124 Å². The van der Waals surface area contributed by atoms with Crippen LogP contribution in [0.1, 0.15) is 43.6 Å². The van der Waals surface area contributed by atoms with Gasteiger partial charge in [0.25, 0.3) is 0 Å². The zero-order valence-electron chi connectivity index (χ0n) is 11.4. The second-order valence-electron chi connectivity index (χ2n) is 5.95. The quantitative estimate of drug-likeness (QED) is 0.908. The Kier molecular flexibility index (Phi) is 4.25. The van der Waals surface area contributed by atoms with Gasteiger partial charge in [-0.15, -0.1) is 0 Å². The van der Waals surface area contributed by atoms with Crippen molar-refractivity contribution in [3.63, 3.8) is 0 Å². The summed E-state index contributed by atoms with van der Waals surface area (Å²) in [6, 6.07) is 10.1. The van der Waals surface area contributed by atoms with Crippen LogP contribution in [0.15, 0.2) is 28.7 Å². The van der Waals surface area contributed by atoms with Crippen molar-refractivity contribution in [2.45, 2.75) is 56.2 Å². The van der Waals surface area contributed by atoms with Crippen LogP contribution in [0.5, 0.6) is 0 Å². The van der Waals surface area contributed by atoms with Crippen molar-refractivity contribution in [2.75, 3.05) is 7.11 Å². The summed E-state index contributed by atoms with van der Waals surface area (Å²) in [5.41, 5.74) is 1.48. The molecule has 0 radical (unpaired) electrons. The van der Waals surface area contributed by atoms with Crippen LogP contribution >= 0.6 is 15.9 Å². The molecule has 2 unspecified atom stereocenters. The van der Waals surface area contributed by atoms with Crippen molar-refractivity contribution in [3.05, 3.63) is 34.3 Å². The van der Waals surface area contributed by atoms with Crippen LogP contribution < -0.4 is 5.32 Å². The van der Waals surface area contributed by atoms with Gasteiger partial charge in [-0.25, -0.2) is 0 Å². The molecule has 2 aliphatic rings. The Balaban J connectivity index is 1.46. The lowest BCUT2D eigenvalue weighted by molar-refractivity contribution is 0.105. The summed E-state index contributed by atoms with van der Waals surface area (Å²) in [6.07, 6.45) is 6.73. The first kappa shape index (κ1) is 13.6. The van der Waals surface area contributed by atoms with Crippen LogP contribution in [0.4, 0.5) is 0 Å². The molecule has 2 saturated carbocycles. The maximum Gasteiger partial charge on any atom is 0.0586 e. The molecule has 0 heterocycles. The first-order chi connectivity index (χ1) is 9.24. The summed E-state index contributed by atoms with van der Waals surface area (Å²) in [5, 5.41) is 3.80. The summed E-state index contributed by atoms with van der Waals surface area (Å²) < 4.78 is 6.63. The molecule has 3 rings (SSSR count). The molecule has 2 nitrogen and oxygen atoms in total. The highest BCUT2D eigenvalue weighted by Gasteiger charge is 2.33. The Morgan fingerprint density at radius 2 is 2.00 bits per heavy atom. The van der Waals surface area contributed by atoms with Crippen LogP contribution in [-0.2, 0) is 4.74 Å². The van der Waals surface area contributed by atoms with E-state index in [-0.39, 0.29) is 0 Å². The molecule has 0 amide bonds. The lowest BCUT2D eigenvalue weighted by Crippen LogP contribution is -2.44. The molecule has 0 bridgehead atoms. The largest absolute Gasteiger partial charge is 0.381 e. The van der Waals surface area contributed by atoms with E-state index in [0.29, 0.717) is 18.2 Å². The van der Waals surface area contributed by atoms with E-state index < -0.39 is 0 Å². The molecule has 0 aromatic heterocycles. The first-order valence-electron chi connectivity index (χ1n) is 7.29. The van der Waals surface area contributed by atoms with Crippen molar-refractivity contribution in [1.82, 2.24) is 5.32 Å². The van der Waals surface area contributed by atoms with Crippen LogP contribution in [0, 0.1) is 0 Å². The predicted molar refractivity (Wildman–Crippen MR) is 81.5 cm³/mol. The fourth-order valence-electron chi connectivity index (χ4n) is 3.43. The Hall–Kier alpha value is -0.380. The van der Waals surface area contributed by atoms with Gasteiger partial charge < -0.3 is 10.1 Å². The number of nitrogens with one attached hydrogen (secondary N) is 1. The van der Waals surface area contributed by atoms with Crippen molar-refractivity contribution >= 4 is 15.9 Å². The number of methoxy groups -OCH3 is 1. The first-order valence-corrected chi connectivity index (χ1v) is 8.08. The third-order valence-corrected chi connectivity index (χ3v) is 5.14. The van der Waals surface area contributed by atoms with Crippen LogP contribution in [0.3, 0.4) is 0 Å². The predicted octanol–water partition coefficient (Wildman–Crippen LogP) is 3.85. The van der Waals surface area contributed by atoms with Gasteiger partial charge in [0.15, 0.2) is 0 Å². The SMILES string of the molecule is COC1CCC(NC2CC(c3cccc(Br)c3)C2)C1. The molecule has 1 aromatic rings. The molecule has 0 spiro atoms. The van der Waals surface area contributed by atoms with Gasteiger partial charge in [-0.05, 0) is 55.7 Å². The minimum absolute atomic E-state index is 0.485. The zero-order chi connectivity index (χ0) is 13.2. The second kappa shape index (κ2) is 5.94. The fraction of sp³-hybridized carbons (Fsp3) is 0.625. The summed E-state index contributed by atoms with van der Waals surface area (Å²) in [6.45, 7) is 0. The van der Waals surface area contributed by atoms with Crippen LogP contribution in [-0.4, -0.2) is 25.3 Å². The third kappa shape index (κ3) is 3.21. The number of ether oxygens (including phenoxy) is 1. The van der Waals surface area contributed by atoms with Crippen LogP contribution in [0.2, 0.25) is 0 Å². The molecule has 19 heavy (non-hydrogen) atoms. The van der Waals surface area contributed by atoms with Gasteiger partial charge in [-0.3, -0.25) is 0 Å². The van der Waals surface area contributed by atoms with Gasteiger partial charge >= 0.3 is 0 Å². The lowest BCUT2D eigenvalue weighted by Gasteiger charge is -2.38. The summed E-state index contributed by atoms with van der Waals surface area (Å²) in [7, 11) is 1.83. The van der Waals surface area contributed by atoms with Crippen molar-refractivity contribution in [2.24, 2.45) is 0 Å². The van der Waals surface area contributed by atoms with E-state index in [1.807, 2.05) is 7.11 Å². The molecule has 3 heteroatoms. The molecule has 0 aliphatic heterocycles. The zero-order valence-corrected chi connectivity index (χ0v) is 13.0. The maximum absolute atomic E-state index is 5.43. The molecule has 1 N–H and O–H groups in total. The standard InChI is InChI=1S/C16H22BrNO/c1-19-16-6-5-14(10-16)18-15-8-12(9-15)11-3-2-4-13(17)7-11/h2-4,7,12,14-16,18H,5-6,8-10H2,1H3. The van der Waals surface area contributed by atoms with Crippen LogP contribution in [0.25, 0.3) is 0 Å². The van der Waals surface area contributed by atoms with Crippen molar-refractivity contribution in [3.8, 4) is 0 Å². The summed E-state index contributed by atoms with van der Waals surface area (Å²) >= 11 is 3.55. The van der Waals surface area contributed by atoms with E-state index in [4.69, 9.17) is 4.74 Å². The van der Waals surface area contributed by atoms with E-state index >= 15 is 0 Å². The van der Waals surface area contributed by atoms with Gasteiger partial charge in [0, 0.05) is 23.7 Å². The van der Waals surface area contributed by atoms with Gasteiger partial charge in [0.1, 0.15) is 0 Å². The Morgan fingerprint density at radius 1 is 1.16 bits per heavy atom. The normalized spacial score (nSPS) is 34.2. The molecular weight excluding hydrogens is 302 g/mol. The Bertz CT molecular complexity index is 431. The fourth-order valence-corrected chi connectivity index (χ4v) is 3.84. The number of rotatable bonds is 4. The van der Waals surface area contributed by atoms with Gasteiger partial charge in [-0.2, -0.15) is 0 Å². The highest BCUT2D eigenvalue weighted by molar-refractivity contribution is 9.10. The summed E-state index contributed by atoms with van der Waals surface area (Å²) in [4.78, 5) is 0. The average Bonchev–Trinajstić information content (AvgIpc) is 2.81. The molecule has 2 aliphatic carbocycles. The number of hydrogen-bond acceptors (Lipinski definition) is 2. The van der Waals surface area contributed by atoms with Gasteiger partial charge in [0.05, 0.1) is 6.10 Å². The highest BCUT2D eigenvalue weighted by Crippen LogP contribution is 2.38. The van der Waals surface area contributed by atoms with E-state index in [9.17, 15) is 0 Å². The monoisotopic (exact) mass is 323 g/mol. The molecular formula is C16H22BrNO. The minimum Gasteiger partial charge on any atom is -0.381 e. The Morgan fingerprint density at radius 3 is 2.68 bits per heavy atom. The van der Waals surface area contributed by atoms with E-state index in [1.165, 1.54) is 42.1 Å². The molecule has 2 atom stereocenters. The van der Waals surface area contributed by atoms with Crippen molar-refractivity contribution < 1.29 is 4.74 Å². The van der Waals surface area contributed by atoms with Gasteiger partial charge in [0.2, 0.25) is 0 Å². The number of hydrogen-bond donors (Lipinski definition) is 1. The van der Waals surface area contributed by atoms with Gasteiger partial charge in [-0.1, -0.05) is 28.1 Å². The maximum atomic E-state index is 5.43. The molecule has 1 aromatic carbocycles. The number of benzene rings is 1. The smallest absolute Gasteiger partial charge is 0.0586 e. The number of halogens is 1.